The van der Waals surface area contributed by atoms with Crippen molar-refractivity contribution in [3.63, 3.8) is 0 Å². The summed E-state index contributed by atoms with van der Waals surface area (Å²) in [5, 5.41) is 4.45. The fourth-order valence-electron chi connectivity index (χ4n) is 1.69. The molecule has 0 atom stereocenters. The first-order chi connectivity index (χ1) is 10.7. The smallest absolute Gasteiger partial charge is 0.271 e. The van der Waals surface area contributed by atoms with Crippen LogP contribution in [0, 0.1) is 0 Å². The highest BCUT2D eigenvalue weighted by molar-refractivity contribution is 6.30. The highest BCUT2D eigenvalue weighted by atomic mass is 35.5. The van der Waals surface area contributed by atoms with E-state index in [2.05, 4.69) is 15.5 Å². The Morgan fingerprint density at radius 2 is 2.09 bits per heavy atom. The van der Waals surface area contributed by atoms with Gasteiger partial charge in [-0.1, -0.05) is 11.6 Å². The van der Waals surface area contributed by atoms with E-state index in [9.17, 15) is 4.79 Å². The Morgan fingerprint density at radius 1 is 1.32 bits per heavy atom. The maximum absolute atomic E-state index is 11.7. The number of nitrogens with zero attached hydrogens (tertiary/aromatic N) is 2. The summed E-state index contributed by atoms with van der Waals surface area (Å²) in [6, 6.07) is 8.53. The average molecular weight is 316 g/mol. The van der Waals surface area contributed by atoms with E-state index < -0.39 is 0 Å². The molecule has 1 heterocycles. The molecule has 1 amide bonds. The van der Waals surface area contributed by atoms with Crippen LogP contribution in [0.2, 0.25) is 5.02 Å². The number of allylic oxidation sites excluding steroid dienone is 1. The van der Waals surface area contributed by atoms with E-state index in [1.807, 2.05) is 0 Å². The van der Waals surface area contributed by atoms with Gasteiger partial charge in [-0.2, -0.15) is 5.10 Å². The number of hydrazone groups is 1. The first kappa shape index (κ1) is 15.7. The Hall–Kier alpha value is -2.66. The van der Waals surface area contributed by atoms with Gasteiger partial charge >= 0.3 is 0 Å². The van der Waals surface area contributed by atoms with Crippen molar-refractivity contribution in [2.45, 2.75) is 0 Å². The third-order valence-corrected chi connectivity index (χ3v) is 2.97. The van der Waals surface area contributed by atoms with Gasteiger partial charge in [0.05, 0.1) is 7.11 Å². The SMILES string of the molecule is COc1ccc(Cl)cc1/C=C/C=N/NC(=O)c1ccncc1. The summed E-state index contributed by atoms with van der Waals surface area (Å²) in [6.45, 7) is 0. The molecule has 0 aliphatic carbocycles. The minimum Gasteiger partial charge on any atom is -0.496 e. The lowest BCUT2D eigenvalue weighted by Crippen LogP contribution is -2.17. The second-order valence-electron chi connectivity index (χ2n) is 4.20. The van der Waals surface area contributed by atoms with Crippen molar-refractivity contribution >= 4 is 29.8 Å². The van der Waals surface area contributed by atoms with Crippen LogP contribution in [0.15, 0.2) is 53.9 Å². The molecule has 0 fully saturated rings. The van der Waals surface area contributed by atoms with Crippen LogP contribution in [-0.2, 0) is 0 Å². The normalized spacial score (nSPS) is 11.0. The number of pyridine rings is 1. The topological polar surface area (TPSA) is 63.6 Å². The fraction of sp³-hybridized carbons (Fsp3) is 0.0625. The maximum atomic E-state index is 11.7. The second-order valence-corrected chi connectivity index (χ2v) is 4.64. The van der Waals surface area contributed by atoms with Crippen LogP contribution in [0.4, 0.5) is 0 Å². The lowest BCUT2D eigenvalue weighted by atomic mass is 10.2. The van der Waals surface area contributed by atoms with Crippen molar-refractivity contribution in [1.29, 1.82) is 0 Å². The molecule has 0 aliphatic rings. The Kier molecular flexibility index (Phi) is 5.68. The second kappa shape index (κ2) is 7.95. The summed E-state index contributed by atoms with van der Waals surface area (Å²) < 4.78 is 5.22. The highest BCUT2D eigenvalue weighted by Crippen LogP contribution is 2.23. The quantitative estimate of drug-likeness (QED) is 0.681. The van der Waals surface area contributed by atoms with Gasteiger partial charge in [0, 0.05) is 34.8 Å². The average Bonchev–Trinajstić information content (AvgIpc) is 2.55. The summed E-state index contributed by atoms with van der Waals surface area (Å²) in [5.74, 6) is 0.405. The molecule has 0 unspecified atom stereocenters. The summed E-state index contributed by atoms with van der Waals surface area (Å²) in [7, 11) is 1.59. The Labute approximate surface area is 133 Å². The van der Waals surface area contributed by atoms with E-state index in [-0.39, 0.29) is 5.91 Å². The summed E-state index contributed by atoms with van der Waals surface area (Å²) in [4.78, 5) is 15.6. The zero-order valence-corrected chi connectivity index (χ0v) is 12.6. The fourth-order valence-corrected chi connectivity index (χ4v) is 1.87. The number of amides is 1. The summed E-state index contributed by atoms with van der Waals surface area (Å²) in [6.07, 6.45) is 8.03. The molecule has 2 rings (SSSR count). The number of nitrogens with one attached hydrogen (secondary N) is 1. The van der Waals surface area contributed by atoms with E-state index in [1.165, 1.54) is 6.21 Å². The monoisotopic (exact) mass is 315 g/mol. The molecule has 112 valence electrons. The summed E-state index contributed by atoms with van der Waals surface area (Å²) in [5.41, 5.74) is 3.73. The Balaban J connectivity index is 1.95. The van der Waals surface area contributed by atoms with Crippen LogP contribution in [0.1, 0.15) is 15.9 Å². The van der Waals surface area contributed by atoms with Crippen molar-refractivity contribution in [2.24, 2.45) is 5.10 Å². The number of ether oxygens (including phenoxy) is 1. The summed E-state index contributed by atoms with van der Waals surface area (Å²) >= 11 is 5.94. The van der Waals surface area contributed by atoms with Gasteiger partial charge in [0.2, 0.25) is 0 Å². The minimum absolute atomic E-state index is 0.299. The molecule has 0 spiro atoms. The van der Waals surface area contributed by atoms with E-state index in [0.29, 0.717) is 16.3 Å². The maximum Gasteiger partial charge on any atom is 0.271 e. The van der Waals surface area contributed by atoms with Crippen LogP contribution in [0.3, 0.4) is 0 Å². The third kappa shape index (κ3) is 4.43. The molecular formula is C16H14ClN3O2. The van der Waals surface area contributed by atoms with E-state index >= 15 is 0 Å². The lowest BCUT2D eigenvalue weighted by Gasteiger charge is -2.04. The molecular weight excluding hydrogens is 302 g/mol. The molecule has 1 N–H and O–H groups in total. The predicted molar refractivity (Wildman–Crippen MR) is 87.2 cm³/mol. The minimum atomic E-state index is -0.299. The number of benzene rings is 1. The van der Waals surface area contributed by atoms with Gasteiger partial charge in [-0.05, 0) is 42.5 Å². The first-order valence-corrected chi connectivity index (χ1v) is 6.82. The zero-order valence-electron chi connectivity index (χ0n) is 11.9. The van der Waals surface area contributed by atoms with Crippen molar-refractivity contribution in [3.05, 3.63) is 65.0 Å². The Bertz CT molecular complexity index is 700. The van der Waals surface area contributed by atoms with Crippen LogP contribution in [-0.4, -0.2) is 24.2 Å². The molecule has 1 aromatic heterocycles. The van der Waals surface area contributed by atoms with E-state index in [0.717, 1.165) is 5.56 Å². The zero-order chi connectivity index (χ0) is 15.8. The number of hydrogen-bond acceptors (Lipinski definition) is 4. The van der Waals surface area contributed by atoms with Crippen molar-refractivity contribution in [2.75, 3.05) is 7.11 Å². The molecule has 0 aliphatic heterocycles. The number of carbonyl (C=O) groups is 1. The first-order valence-electron chi connectivity index (χ1n) is 6.44. The Morgan fingerprint density at radius 3 is 2.82 bits per heavy atom. The molecule has 6 heteroatoms. The number of hydrogen-bond donors (Lipinski definition) is 1. The van der Waals surface area contributed by atoms with Crippen molar-refractivity contribution in [3.8, 4) is 5.75 Å². The molecule has 0 bridgehead atoms. The highest BCUT2D eigenvalue weighted by Gasteiger charge is 2.01. The molecule has 0 radical (unpaired) electrons. The predicted octanol–water partition coefficient (Wildman–Crippen LogP) is 3.17. The lowest BCUT2D eigenvalue weighted by molar-refractivity contribution is 0.0955. The molecule has 1 aromatic carbocycles. The van der Waals surface area contributed by atoms with Gasteiger partial charge < -0.3 is 4.74 Å². The molecule has 2 aromatic rings. The van der Waals surface area contributed by atoms with Gasteiger partial charge in [-0.25, -0.2) is 5.43 Å². The molecule has 0 saturated heterocycles. The van der Waals surface area contributed by atoms with Crippen LogP contribution in [0.25, 0.3) is 6.08 Å². The number of aromatic nitrogens is 1. The number of halogens is 1. The van der Waals surface area contributed by atoms with Crippen molar-refractivity contribution < 1.29 is 9.53 Å². The van der Waals surface area contributed by atoms with Gasteiger partial charge in [-0.3, -0.25) is 9.78 Å². The van der Waals surface area contributed by atoms with Gasteiger partial charge in [0.1, 0.15) is 5.75 Å². The number of methoxy groups -OCH3 is 1. The largest absolute Gasteiger partial charge is 0.496 e. The standard InChI is InChI=1S/C16H14ClN3O2/c1-22-15-5-4-14(17)11-13(15)3-2-8-19-20-16(21)12-6-9-18-10-7-12/h2-11H,1H3,(H,20,21)/b3-2+,19-8+. The van der Waals surface area contributed by atoms with Gasteiger partial charge in [0.15, 0.2) is 0 Å². The molecule has 22 heavy (non-hydrogen) atoms. The van der Waals surface area contributed by atoms with E-state index in [4.69, 9.17) is 16.3 Å². The van der Waals surface area contributed by atoms with Crippen LogP contribution >= 0.6 is 11.6 Å². The van der Waals surface area contributed by atoms with Crippen LogP contribution in [0.5, 0.6) is 5.75 Å². The van der Waals surface area contributed by atoms with Crippen molar-refractivity contribution in [1.82, 2.24) is 10.4 Å². The number of rotatable bonds is 5. The third-order valence-electron chi connectivity index (χ3n) is 2.74. The van der Waals surface area contributed by atoms with E-state index in [1.54, 1.807) is 62.0 Å². The number of carbonyl (C=O) groups excluding carboxylic acids is 1. The van der Waals surface area contributed by atoms with Gasteiger partial charge in [-0.15, -0.1) is 0 Å². The molecule has 0 saturated carbocycles. The van der Waals surface area contributed by atoms with Crippen LogP contribution < -0.4 is 10.2 Å². The van der Waals surface area contributed by atoms with Gasteiger partial charge in [0.25, 0.3) is 5.91 Å². The molecule has 5 nitrogen and oxygen atoms in total.